The monoisotopic (exact) mass is 730 g/mol. The Hall–Kier alpha value is -5.98. The lowest BCUT2D eigenvalue weighted by Crippen LogP contribution is -2.44. The van der Waals surface area contributed by atoms with Gasteiger partial charge in [-0.3, -0.25) is 19.5 Å². The standard InChI is InChI=1S/C31H30ClF3N10O6/c1-50-26(49)22(10-13-36-24(47)25(48)39-21-14-37-38-15-21)41-23(46)17-2-8-20(9-3-17)40-27-42-28(44-29(43-27)51-16-31(33,34)35)45-30(11-12-30)18-4-6-19(32)7-5-18/h2-9,14-15,22H,10-13,16H2,1H3,(H,36,47)(H,37,38)(H,39,48)(H,41,46)(H2,40,42,43,44,45)/t22-/m0/s1. The van der Waals surface area contributed by atoms with E-state index in [0.717, 1.165) is 12.7 Å². The summed E-state index contributed by atoms with van der Waals surface area (Å²) in [5.41, 5.74) is 1.10. The number of anilines is 4. The van der Waals surface area contributed by atoms with Crippen LogP contribution in [0.25, 0.3) is 0 Å². The van der Waals surface area contributed by atoms with Gasteiger partial charge in [0, 0.05) is 29.0 Å². The quantitative estimate of drug-likeness (QED) is 0.0813. The molecule has 1 fully saturated rings. The highest BCUT2D eigenvalue weighted by molar-refractivity contribution is 6.39. The van der Waals surface area contributed by atoms with Gasteiger partial charge < -0.3 is 36.1 Å². The maximum absolute atomic E-state index is 13.0. The fourth-order valence-corrected chi connectivity index (χ4v) is 4.78. The van der Waals surface area contributed by atoms with Crippen molar-refractivity contribution in [3.8, 4) is 6.01 Å². The highest BCUT2D eigenvalue weighted by atomic mass is 35.5. The van der Waals surface area contributed by atoms with Gasteiger partial charge in [0.2, 0.25) is 11.9 Å². The minimum absolute atomic E-state index is 0.0308. The van der Waals surface area contributed by atoms with Crippen molar-refractivity contribution in [2.75, 3.05) is 36.2 Å². The third-order valence-electron chi connectivity index (χ3n) is 7.35. The third kappa shape index (κ3) is 10.3. The molecule has 51 heavy (non-hydrogen) atoms. The fraction of sp³-hybridized carbons (Fsp3) is 0.290. The van der Waals surface area contributed by atoms with Gasteiger partial charge in [-0.15, -0.1) is 0 Å². The van der Waals surface area contributed by atoms with Crippen LogP contribution in [0.3, 0.4) is 0 Å². The average Bonchev–Trinajstić information content (AvgIpc) is 3.69. The van der Waals surface area contributed by atoms with E-state index < -0.39 is 54.1 Å². The lowest BCUT2D eigenvalue weighted by Gasteiger charge is -2.19. The van der Waals surface area contributed by atoms with Crippen LogP contribution in [0.5, 0.6) is 6.01 Å². The van der Waals surface area contributed by atoms with Gasteiger partial charge in [-0.1, -0.05) is 23.7 Å². The molecular weight excluding hydrogens is 701 g/mol. The molecule has 1 atom stereocenters. The summed E-state index contributed by atoms with van der Waals surface area (Å²) in [4.78, 5) is 61.7. The number of benzene rings is 2. The number of carbonyl (C=O) groups excluding carboxylic acids is 4. The maximum Gasteiger partial charge on any atom is 0.422 e. The van der Waals surface area contributed by atoms with E-state index in [-0.39, 0.29) is 36.1 Å². The van der Waals surface area contributed by atoms with E-state index in [1.165, 1.54) is 36.7 Å². The lowest BCUT2D eigenvalue weighted by molar-refractivity contribution is -0.154. The van der Waals surface area contributed by atoms with E-state index in [1.54, 1.807) is 12.1 Å². The molecule has 2 aromatic carbocycles. The molecule has 5 rings (SSSR count). The van der Waals surface area contributed by atoms with Crippen molar-refractivity contribution in [2.24, 2.45) is 0 Å². The number of carbonyl (C=O) groups is 4. The van der Waals surface area contributed by atoms with Crippen molar-refractivity contribution < 1.29 is 41.8 Å². The number of nitrogens with one attached hydrogen (secondary N) is 6. The zero-order valence-electron chi connectivity index (χ0n) is 26.6. The van der Waals surface area contributed by atoms with Crippen LogP contribution in [-0.4, -0.2) is 81.3 Å². The number of rotatable bonds is 14. The van der Waals surface area contributed by atoms with Crippen molar-refractivity contribution in [3.05, 3.63) is 77.1 Å². The van der Waals surface area contributed by atoms with Gasteiger partial charge in [-0.2, -0.15) is 33.2 Å². The maximum atomic E-state index is 13.0. The highest BCUT2D eigenvalue weighted by Crippen LogP contribution is 2.48. The second kappa shape index (κ2) is 15.7. The van der Waals surface area contributed by atoms with E-state index in [0.29, 0.717) is 23.6 Å². The average molecular weight is 731 g/mol. The van der Waals surface area contributed by atoms with Crippen LogP contribution in [0.1, 0.15) is 35.2 Å². The van der Waals surface area contributed by atoms with Gasteiger partial charge in [0.15, 0.2) is 6.61 Å². The molecule has 6 N–H and O–H groups in total. The summed E-state index contributed by atoms with van der Waals surface area (Å²) in [7, 11) is 1.13. The van der Waals surface area contributed by atoms with E-state index in [1.807, 2.05) is 12.1 Å². The van der Waals surface area contributed by atoms with Crippen molar-refractivity contribution in [2.45, 2.75) is 37.0 Å². The number of halogens is 4. The van der Waals surface area contributed by atoms with Crippen molar-refractivity contribution in [3.63, 3.8) is 0 Å². The second-order valence-corrected chi connectivity index (χ2v) is 11.6. The van der Waals surface area contributed by atoms with E-state index in [2.05, 4.69) is 51.7 Å². The molecule has 0 radical (unpaired) electrons. The highest BCUT2D eigenvalue weighted by Gasteiger charge is 2.45. The third-order valence-corrected chi connectivity index (χ3v) is 7.60. The number of hydrogen-bond acceptors (Lipinski definition) is 12. The summed E-state index contributed by atoms with van der Waals surface area (Å²) >= 11 is 6.02. The molecule has 0 aliphatic heterocycles. The summed E-state index contributed by atoms with van der Waals surface area (Å²) in [5, 5.41) is 19.9. The molecule has 3 amide bonds. The molecule has 1 aliphatic carbocycles. The molecule has 16 nitrogen and oxygen atoms in total. The number of aromatic nitrogens is 5. The number of aromatic amines is 1. The van der Waals surface area contributed by atoms with Crippen LogP contribution in [0, 0.1) is 0 Å². The molecule has 2 heterocycles. The fourth-order valence-electron chi connectivity index (χ4n) is 4.66. The zero-order valence-corrected chi connectivity index (χ0v) is 27.4. The van der Waals surface area contributed by atoms with Crippen LogP contribution in [0.15, 0.2) is 60.9 Å². The minimum atomic E-state index is -4.64. The molecule has 0 unspecified atom stereocenters. The van der Waals surface area contributed by atoms with E-state index >= 15 is 0 Å². The van der Waals surface area contributed by atoms with Crippen LogP contribution in [0.4, 0.5) is 36.4 Å². The van der Waals surface area contributed by atoms with Crippen molar-refractivity contribution in [1.29, 1.82) is 0 Å². The number of methoxy groups -OCH3 is 1. The lowest BCUT2D eigenvalue weighted by atomic mass is 10.1. The smallest absolute Gasteiger partial charge is 0.422 e. The first kappa shape index (κ1) is 36.3. The van der Waals surface area contributed by atoms with Gasteiger partial charge in [0.05, 0.1) is 24.5 Å². The van der Waals surface area contributed by atoms with E-state index in [4.69, 9.17) is 21.1 Å². The Morgan fingerprint density at radius 3 is 2.29 bits per heavy atom. The predicted octanol–water partition coefficient (Wildman–Crippen LogP) is 3.45. The first-order chi connectivity index (χ1) is 24.3. The SMILES string of the molecule is COC(=O)[C@H](CCNC(=O)C(=O)Nc1cn[nH]c1)NC(=O)c1ccc(Nc2nc(NC3(c4ccc(Cl)cc4)CC3)nc(OCC(F)(F)F)n2)cc1. The molecule has 0 spiro atoms. The molecular formula is C31H30ClF3N10O6. The zero-order chi connectivity index (χ0) is 36.6. The number of amides is 3. The predicted molar refractivity (Wildman–Crippen MR) is 175 cm³/mol. The summed E-state index contributed by atoms with van der Waals surface area (Å²) in [6.45, 7) is -1.78. The topological polar surface area (TPSA) is 214 Å². The van der Waals surface area contributed by atoms with Crippen LogP contribution < -0.4 is 31.3 Å². The van der Waals surface area contributed by atoms with Crippen LogP contribution >= 0.6 is 11.6 Å². The largest absolute Gasteiger partial charge is 0.467 e. The Morgan fingerprint density at radius 1 is 0.961 bits per heavy atom. The van der Waals surface area contributed by atoms with Crippen LogP contribution in [0.2, 0.25) is 5.02 Å². The van der Waals surface area contributed by atoms with Gasteiger partial charge in [-0.05, 0) is 61.2 Å². The molecule has 2 aromatic heterocycles. The number of nitrogens with zero attached hydrogens (tertiary/aromatic N) is 4. The molecule has 268 valence electrons. The molecule has 1 aliphatic rings. The Morgan fingerprint density at radius 2 is 1.67 bits per heavy atom. The van der Waals surface area contributed by atoms with Crippen molar-refractivity contribution >= 4 is 58.6 Å². The second-order valence-electron chi connectivity index (χ2n) is 11.1. The summed E-state index contributed by atoms with van der Waals surface area (Å²) in [6, 6.07) is 11.1. The molecule has 1 saturated carbocycles. The Bertz CT molecular complexity index is 1860. The van der Waals surface area contributed by atoms with Crippen molar-refractivity contribution in [1.82, 2.24) is 35.8 Å². The summed E-state index contributed by atoms with van der Waals surface area (Å²) < 4.78 is 48.3. The Kier molecular flexibility index (Phi) is 11.2. The minimum Gasteiger partial charge on any atom is -0.467 e. The van der Waals surface area contributed by atoms with E-state index in [9.17, 15) is 32.3 Å². The number of H-pyrrole nitrogens is 1. The normalized spacial score (nSPS) is 13.7. The number of alkyl halides is 3. The van der Waals surface area contributed by atoms with Gasteiger partial charge in [-0.25, -0.2) is 4.79 Å². The summed E-state index contributed by atoms with van der Waals surface area (Å²) in [5.74, 6) is -3.54. The molecule has 0 bridgehead atoms. The Labute approximate surface area is 292 Å². The van der Waals surface area contributed by atoms with Gasteiger partial charge in [0.25, 0.3) is 5.91 Å². The summed E-state index contributed by atoms with van der Waals surface area (Å²) in [6.07, 6.45) is -0.640. The molecule has 0 saturated heterocycles. The number of hydrogen-bond donors (Lipinski definition) is 6. The number of esters is 1. The van der Waals surface area contributed by atoms with Crippen LogP contribution in [-0.2, 0) is 24.7 Å². The Balaban J connectivity index is 1.22. The number of ether oxygens (including phenoxy) is 2. The van der Waals surface area contributed by atoms with Gasteiger partial charge >= 0.3 is 30.0 Å². The first-order valence-electron chi connectivity index (χ1n) is 15.2. The molecule has 4 aromatic rings. The molecule has 20 heteroatoms. The van der Waals surface area contributed by atoms with Gasteiger partial charge in [0.1, 0.15) is 6.04 Å². The first-order valence-corrected chi connectivity index (χ1v) is 15.5.